The number of esters is 1. The second-order valence-electron chi connectivity index (χ2n) is 9.42. The molecule has 41 heavy (non-hydrogen) atoms. The average molecular weight is 551 g/mol. The van der Waals surface area contributed by atoms with Crippen LogP contribution in [0.1, 0.15) is 29.9 Å². The third-order valence-electron chi connectivity index (χ3n) is 6.64. The molecular weight excluding hydrogens is 520 g/mol. The number of hydrogen-bond acceptors (Lipinski definition) is 7. The maximum absolute atomic E-state index is 13.6. The van der Waals surface area contributed by atoms with E-state index in [1.165, 1.54) is 11.8 Å². The van der Waals surface area contributed by atoms with E-state index in [9.17, 15) is 14.4 Å². The minimum atomic E-state index is -1.14. The lowest BCUT2D eigenvalue weighted by atomic mass is 9.79. The van der Waals surface area contributed by atoms with Crippen LogP contribution in [0.4, 0.5) is 5.82 Å². The van der Waals surface area contributed by atoms with Gasteiger partial charge in [-0.05, 0) is 30.7 Å². The number of fused-ring (bicyclic) bond motifs is 1. The molecule has 0 bridgehead atoms. The van der Waals surface area contributed by atoms with Gasteiger partial charge >= 0.3 is 5.97 Å². The summed E-state index contributed by atoms with van der Waals surface area (Å²) in [6, 6.07) is 20.5. The van der Waals surface area contributed by atoms with Gasteiger partial charge in [-0.15, -0.1) is 0 Å². The van der Waals surface area contributed by atoms with Gasteiger partial charge in [0.2, 0.25) is 5.91 Å². The maximum atomic E-state index is 13.6. The van der Waals surface area contributed by atoms with Gasteiger partial charge in [0.25, 0.3) is 5.91 Å². The molecule has 1 aliphatic heterocycles. The topological polar surface area (TPSA) is 129 Å². The van der Waals surface area contributed by atoms with Gasteiger partial charge in [0, 0.05) is 38.0 Å². The number of ether oxygens (including phenoxy) is 1. The van der Waals surface area contributed by atoms with Crippen LogP contribution in [-0.4, -0.2) is 57.3 Å². The Morgan fingerprint density at radius 2 is 1.63 bits per heavy atom. The van der Waals surface area contributed by atoms with Crippen LogP contribution >= 0.6 is 0 Å². The van der Waals surface area contributed by atoms with E-state index in [1.54, 1.807) is 37.5 Å². The summed E-state index contributed by atoms with van der Waals surface area (Å²) < 4.78 is 5.38. The zero-order valence-electron chi connectivity index (χ0n) is 22.8. The van der Waals surface area contributed by atoms with Gasteiger partial charge in [-0.1, -0.05) is 60.7 Å². The number of nitrogens with one attached hydrogen (secondary N) is 3. The number of aromatic nitrogens is 3. The number of aromatic amines is 1. The van der Waals surface area contributed by atoms with Gasteiger partial charge in [0.1, 0.15) is 22.6 Å². The molecule has 1 aliphatic rings. The molecule has 0 atom stereocenters. The monoisotopic (exact) mass is 550 g/mol. The smallest absolute Gasteiger partial charge is 0.324 e. The second-order valence-corrected chi connectivity index (χ2v) is 9.42. The number of H-pyrrole nitrogens is 1. The van der Waals surface area contributed by atoms with Crippen molar-refractivity contribution in [3.63, 3.8) is 0 Å². The van der Waals surface area contributed by atoms with E-state index in [-0.39, 0.29) is 18.4 Å². The van der Waals surface area contributed by atoms with E-state index in [4.69, 9.17) is 9.72 Å². The number of amides is 2. The molecule has 2 aromatic heterocycles. The predicted octanol–water partition coefficient (Wildman–Crippen LogP) is 4.16. The first-order valence-electron chi connectivity index (χ1n) is 13.3. The van der Waals surface area contributed by atoms with Crippen molar-refractivity contribution in [1.82, 2.24) is 25.2 Å². The Balaban J connectivity index is 1.46. The fourth-order valence-corrected chi connectivity index (χ4v) is 4.58. The molecule has 0 spiro atoms. The molecule has 2 amide bonds. The number of anilines is 1. The molecule has 0 saturated heterocycles. The highest BCUT2D eigenvalue weighted by Gasteiger charge is 2.39. The predicted molar refractivity (Wildman–Crippen MR) is 156 cm³/mol. The lowest BCUT2D eigenvalue weighted by Gasteiger charge is -2.30. The van der Waals surface area contributed by atoms with E-state index >= 15 is 0 Å². The summed E-state index contributed by atoms with van der Waals surface area (Å²) in [5, 5.41) is 6.63. The molecule has 0 aliphatic carbocycles. The summed E-state index contributed by atoms with van der Waals surface area (Å²) in [5.74, 6) is 0.132. The van der Waals surface area contributed by atoms with Crippen LogP contribution in [0.15, 0.2) is 91.3 Å². The SMILES string of the molecule is CCOC(=O)C1(c2ccccc2)C=CN(C(=O)c2cc3c(NCCNC(C)=O)nc(-c4ccccc4)nc3[nH]2)C=C1. The number of hydrogen-bond donors (Lipinski definition) is 3. The van der Waals surface area contributed by atoms with Gasteiger partial charge in [-0.3, -0.25) is 19.3 Å². The van der Waals surface area contributed by atoms with E-state index in [1.807, 2.05) is 60.7 Å². The zero-order chi connectivity index (χ0) is 28.8. The molecule has 5 rings (SSSR count). The molecule has 208 valence electrons. The molecular formula is C31H30N6O4. The molecule has 0 fully saturated rings. The summed E-state index contributed by atoms with van der Waals surface area (Å²) in [6.07, 6.45) is 6.49. The lowest BCUT2D eigenvalue weighted by Crippen LogP contribution is -2.37. The Kier molecular flexibility index (Phi) is 7.91. The fourth-order valence-electron chi connectivity index (χ4n) is 4.58. The summed E-state index contributed by atoms with van der Waals surface area (Å²) in [6.45, 7) is 4.29. The van der Waals surface area contributed by atoms with Crippen LogP contribution in [0.5, 0.6) is 0 Å². The number of rotatable bonds is 9. The minimum Gasteiger partial charge on any atom is -0.465 e. The first kappa shape index (κ1) is 27.3. The molecule has 0 saturated carbocycles. The third-order valence-corrected chi connectivity index (χ3v) is 6.64. The number of benzene rings is 2. The van der Waals surface area contributed by atoms with Gasteiger partial charge in [-0.25, -0.2) is 9.97 Å². The van der Waals surface area contributed by atoms with Crippen LogP contribution < -0.4 is 10.6 Å². The van der Waals surface area contributed by atoms with Crippen molar-refractivity contribution < 1.29 is 19.1 Å². The molecule has 2 aromatic carbocycles. The number of carbonyl (C=O) groups excluding carboxylic acids is 3. The van der Waals surface area contributed by atoms with Crippen LogP contribution in [0.25, 0.3) is 22.4 Å². The molecule has 3 heterocycles. The van der Waals surface area contributed by atoms with Gasteiger partial charge in [0.15, 0.2) is 5.82 Å². The van der Waals surface area contributed by atoms with Crippen molar-refractivity contribution in [2.24, 2.45) is 0 Å². The van der Waals surface area contributed by atoms with Crippen LogP contribution in [0, 0.1) is 0 Å². The summed E-state index contributed by atoms with van der Waals surface area (Å²) in [4.78, 5) is 51.8. The van der Waals surface area contributed by atoms with Crippen LogP contribution in [-0.2, 0) is 19.7 Å². The van der Waals surface area contributed by atoms with E-state index in [0.29, 0.717) is 41.5 Å². The van der Waals surface area contributed by atoms with E-state index in [2.05, 4.69) is 20.6 Å². The Hall–Kier alpha value is -5.25. The third kappa shape index (κ3) is 5.72. The largest absolute Gasteiger partial charge is 0.465 e. The van der Waals surface area contributed by atoms with Crippen molar-refractivity contribution in [3.05, 3.63) is 103 Å². The van der Waals surface area contributed by atoms with Crippen LogP contribution in [0.3, 0.4) is 0 Å². The maximum Gasteiger partial charge on any atom is 0.324 e. The summed E-state index contributed by atoms with van der Waals surface area (Å²) in [5.41, 5.74) is 1.19. The Morgan fingerprint density at radius 1 is 0.951 bits per heavy atom. The highest BCUT2D eigenvalue weighted by molar-refractivity contribution is 6.01. The number of carbonyl (C=O) groups is 3. The van der Waals surface area contributed by atoms with Gasteiger partial charge in [0.05, 0.1) is 12.0 Å². The second kappa shape index (κ2) is 11.9. The molecule has 0 unspecified atom stereocenters. The van der Waals surface area contributed by atoms with Gasteiger partial charge < -0.3 is 20.4 Å². The normalized spacial score (nSPS) is 13.7. The summed E-state index contributed by atoms with van der Waals surface area (Å²) >= 11 is 0. The molecule has 10 heteroatoms. The molecule has 3 N–H and O–H groups in total. The van der Waals surface area contributed by atoms with Crippen molar-refractivity contribution in [3.8, 4) is 11.4 Å². The van der Waals surface area contributed by atoms with Crippen molar-refractivity contribution >= 4 is 34.6 Å². The molecule has 0 radical (unpaired) electrons. The molecule has 10 nitrogen and oxygen atoms in total. The van der Waals surface area contributed by atoms with Crippen LogP contribution in [0.2, 0.25) is 0 Å². The highest BCUT2D eigenvalue weighted by atomic mass is 16.5. The highest BCUT2D eigenvalue weighted by Crippen LogP contribution is 2.33. The van der Waals surface area contributed by atoms with Crippen molar-refractivity contribution in [2.45, 2.75) is 19.3 Å². The first-order valence-corrected chi connectivity index (χ1v) is 13.3. The minimum absolute atomic E-state index is 0.124. The summed E-state index contributed by atoms with van der Waals surface area (Å²) in [7, 11) is 0. The fraction of sp³-hybridized carbons (Fsp3) is 0.194. The van der Waals surface area contributed by atoms with Crippen molar-refractivity contribution in [1.29, 1.82) is 0 Å². The first-order chi connectivity index (χ1) is 19.9. The standard InChI is InChI=1S/C31H30N6O4/c1-3-41-30(40)31(23-12-8-5-9-13-23)14-18-37(19-15-31)29(39)25-20-24-27(33-17-16-32-21(2)38)35-26(36-28(24)34-25)22-10-6-4-7-11-22/h4-15,18-20H,3,16-17H2,1-2H3,(H,32,38)(H2,33,34,35,36). The van der Waals surface area contributed by atoms with E-state index < -0.39 is 11.4 Å². The Labute approximate surface area is 237 Å². The quantitative estimate of drug-likeness (QED) is 0.211. The van der Waals surface area contributed by atoms with Gasteiger partial charge in [-0.2, -0.15) is 0 Å². The molecule has 4 aromatic rings. The van der Waals surface area contributed by atoms with E-state index in [0.717, 1.165) is 11.1 Å². The Bertz CT molecular complexity index is 1610. The number of nitrogens with zero attached hydrogens (tertiary/aromatic N) is 3. The lowest BCUT2D eigenvalue weighted by molar-refractivity contribution is -0.146. The van der Waals surface area contributed by atoms with Crippen molar-refractivity contribution in [2.75, 3.05) is 25.0 Å². The zero-order valence-corrected chi connectivity index (χ0v) is 22.8. The Morgan fingerprint density at radius 3 is 2.29 bits per heavy atom. The average Bonchev–Trinajstić information content (AvgIpc) is 3.44.